The zero-order valence-corrected chi connectivity index (χ0v) is 29.2. The van der Waals surface area contributed by atoms with Gasteiger partial charge in [-0.05, 0) is 60.7 Å². The number of amides is 2. The Morgan fingerprint density at radius 1 is 0.756 bits per heavy atom. The molecule has 1 aliphatic rings. The quantitative estimate of drug-likeness (QED) is 0.0723. The van der Waals surface area contributed by atoms with Gasteiger partial charge in [0.25, 0.3) is 17.4 Å². The van der Waals surface area contributed by atoms with Gasteiger partial charge < -0.3 is 14.2 Å². The molecule has 1 saturated heterocycles. The second kappa shape index (κ2) is 14.3. The average molecular weight is 651 g/mol. The number of allylic oxidation sites excluding steroid dienone is 4. The molecule has 0 bridgehead atoms. The van der Waals surface area contributed by atoms with Crippen LogP contribution in [0.2, 0.25) is 0 Å². The minimum absolute atomic E-state index is 0. The van der Waals surface area contributed by atoms with Crippen LogP contribution in [0.5, 0.6) is 5.88 Å². The number of hydrazine groups is 1. The molecule has 14 nitrogen and oxygen atoms in total. The van der Waals surface area contributed by atoms with Gasteiger partial charge in [0.15, 0.2) is 0 Å². The van der Waals surface area contributed by atoms with Crippen molar-refractivity contribution in [2.45, 2.75) is 9.79 Å². The van der Waals surface area contributed by atoms with E-state index in [1.807, 2.05) is 0 Å². The summed E-state index contributed by atoms with van der Waals surface area (Å²) in [4.78, 5) is 36.1. The number of aromatic nitrogens is 2. The van der Waals surface area contributed by atoms with E-state index in [-0.39, 0.29) is 125 Å². The number of hydrogen-bond donors (Lipinski definition) is 3. The van der Waals surface area contributed by atoms with Crippen LogP contribution in [0.1, 0.15) is 5.56 Å². The van der Waals surface area contributed by atoms with Crippen molar-refractivity contribution >= 4 is 43.8 Å². The molecular weight excluding hydrogens is 635 g/mol. The number of anilines is 1. The number of hydrogen-bond acceptors (Lipinski definition) is 10. The predicted octanol–water partition coefficient (Wildman–Crippen LogP) is -5.74. The molecular formula is C23H16K2N4O10S2. The Balaban J connectivity index is 0.00000294. The van der Waals surface area contributed by atoms with Crippen LogP contribution in [0.3, 0.4) is 0 Å². The van der Waals surface area contributed by atoms with E-state index in [1.54, 1.807) is 0 Å². The molecule has 0 unspecified atom stereocenters. The van der Waals surface area contributed by atoms with Crippen molar-refractivity contribution in [2.24, 2.45) is 0 Å². The van der Waals surface area contributed by atoms with Crippen LogP contribution < -0.4 is 119 Å². The molecule has 1 fully saturated rings. The van der Waals surface area contributed by atoms with Crippen LogP contribution >= 0.6 is 0 Å². The van der Waals surface area contributed by atoms with Crippen molar-refractivity contribution < 1.29 is 143 Å². The van der Waals surface area contributed by atoms with E-state index >= 15 is 0 Å². The first-order valence-electron chi connectivity index (χ1n) is 10.6. The van der Waals surface area contributed by atoms with Gasteiger partial charge in [-0.25, -0.2) is 26.5 Å². The summed E-state index contributed by atoms with van der Waals surface area (Å²) in [6.45, 7) is 0. The van der Waals surface area contributed by atoms with Crippen molar-refractivity contribution in [3.63, 3.8) is 0 Å². The average Bonchev–Trinajstić information content (AvgIpc) is 3.32. The van der Waals surface area contributed by atoms with Gasteiger partial charge in [0.2, 0.25) is 5.88 Å². The van der Waals surface area contributed by atoms with Gasteiger partial charge in [0.05, 0.1) is 21.2 Å². The fourth-order valence-electron chi connectivity index (χ4n) is 3.42. The standard InChI is InChI=1S/C23H18N4O10S2.2K/c28-20-18(22(30)26(24-20)14-6-10-16(11-7-14)38(32,33)34)4-2-1-3-5-19-21(29)25-27(23(19)31)15-8-12-17(13-9-15)39(35,36)37;;/h1-13,30H,(H,24,28)(H,25,29)(H,32,33,34)(H,35,36,37);;/q;2*+1/p-2. The topological polar surface area (TPSA) is 222 Å². The third-order valence-corrected chi connectivity index (χ3v) is 7.02. The number of nitrogens with zero attached hydrogens (tertiary/aromatic N) is 2. The molecule has 2 heterocycles. The third-order valence-electron chi connectivity index (χ3n) is 5.32. The molecule has 18 heteroatoms. The Morgan fingerprint density at radius 2 is 1.27 bits per heavy atom. The fraction of sp³-hybridized carbons (Fsp3) is 0. The first-order chi connectivity index (χ1) is 18.3. The fourth-order valence-corrected chi connectivity index (χ4v) is 4.36. The van der Waals surface area contributed by atoms with E-state index in [0.717, 1.165) is 34.0 Å². The number of aromatic amines is 1. The smallest absolute Gasteiger partial charge is 0.744 e. The summed E-state index contributed by atoms with van der Waals surface area (Å²) in [5, 5.41) is 13.6. The van der Waals surface area contributed by atoms with Crippen LogP contribution in [0.4, 0.5) is 5.69 Å². The molecule has 0 aliphatic carbocycles. The van der Waals surface area contributed by atoms with Crippen molar-refractivity contribution in [3.05, 3.63) is 94.3 Å². The van der Waals surface area contributed by atoms with Gasteiger partial charge >= 0.3 is 103 Å². The molecule has 3 aromatic rings. The summed E-state index contributed by atoms with van der Waals surface area (Å²) in [7, 11) is -9.34. The van der Waals surface area contributed by atoms with Crippen LogP contribution in [0.15, 0.2) is 93.0 Å². The molecule has 1 aromatic heterocycles. The minimum Gasteiger partial charge on any atom is -0.744 e. The van der Waals surface area contributed by atoms with Crippen LogP contribution in [0, 0.1) is 0 Å². The summed E-state index contributed by atoms with van der Waals surface area (Å²) in [6, 6.07) is 8.84. The van der Waals surface area contributed by atoms with E-state index in [4.69, 9.17) is 0 Å². The molecule has 0 spiro atoms. The van der Waals surface area contributed by atoms with Crippen LogP contribution in [0.25, 0.3) is 11.8 Å². The molecule has 3 N–H and O–H groups in total. The van der Waals surface area contributed by atoms with E-state index in [0.29, 0.717) is 0 Å². The van der Waals surface area contributed by atoms with Crippen molar-refractivity contribution in [1.82, 2.24) is 15.2 Å². The molecule has 0 radical (unpaired) electrons. The summed E-state index contributed by atoms with van der Waals surface area (Å²) < 4.78 is 67.3. The number of carbonyl (C=O) groups excluding carboxylic acids is 2. The van der Waals surface area contributed by atoms with E-state index in [1.165, 1.54) is 54.6 Å². The number of carbonyl (C=O) groups is 2. The SMILES string of the molecule is O=C1NN(c2ccc(S(=O)(=O)[O-])cc2)C(=O)C1=CC=CC=Cc1c(O)n(-c2ccc(S(=O)(=O)[O-])cc2)[nH]c1=O.[K+].[K+]. The number of H-pyrrole nitrogens is 1. The van der Waals surface area contributed by atoms with Gasteiger partial charge in [-0.1, -0.05) is 18.2 Å². The molecule has 0 saturated carbocycles. The number of benzene rings is 2. The largest absolute Gasteiger partial charge is 1.00 e. The van der Waals surface area contributed by atoms with Gasteiger partial charge in [-0.2, -0.15) is 0 Å². The first-order valence-corrected chi connectivity index (χ1v) is 13.5. The van der Waals surface area contributed by atoms with Crippen molar-refractivity contribution in [2.75, 3.05) is 5.01 Å². The summed E-state index contributed by atoms with van der Waals surface area (Å²) in [6.07, 6.45) is 6.47. The molecule has 0 atom stereocenters. The second-order valence-corrected chi connectivity index (χ2v) is 10.6. The summed E-state index contributed by atoms with van der Waals surface area (Å²) >= 11 is 0. The maximum Gasteiger partial charge on any atom is 1.00 e. The maximum atomic E-state index is 12.6. The molecule has 2 aromatic carbocycles. The van der Waals surface area contributed by atoms with E-state index in [2.05, 4.69) is 10.5 Å². The van der Waals surface area contributed by atoms with Crippen LogP contribution in [-0.2, 0) is 29.8 Å². The minimum atomic E-state index is -4.68. The first kappa shape index (κ1) is 35.7. The molecule has 202 valence electrons. The Hall–Kier alpha value is -1.50. The van der Waals surface area contributed by atoms with Crippen LogP contribution in [-0.4, -0.2) is 52.6 Å². The van der Waals surface area contributed by atoms with Gasteiger partial charge in [0.1, 0.15) is 31.4 Å². The third kappa shape index (κ3) is 8.32. The van der Waals surface area contributed by atoms with Crippen molar-refractivity contribution in [3.8, 4) is 11.6 Å². The van der Waals surface area contributed by atoms with Gasteiger partial charge in [-0.3, -0.25) is 24.9 Å². The summed E-state index contributed by atoms with van der Waals surface area (Å²) in [5.41, 5.74) is 1.51. The van der Waals surface area contributed by atoms with Gasteiger partial charge in [-0.15, -0.1) is 0 Å². The Morgan fingerprint density at radius 3 is 1.78 bits per heavy atom. The molecule has 1 aliphatic heterocycles. The summed E-state index contributed by atoms with van der Waals surface area (Å²) in [5.74, 6) is -1.98. The second-order valence-electron chi connectivity index (χ2n) is 7.82. The Kier molecular flexibility index (Phi) is 12.5. The zero-order chi connectivity index (χ0) is 28.5. The molecule has 41 heavy (non-hydrogen) atoms. The molecule has 4 rings (SSSR count). The van der Waals surface area contributed by atoms with E-state index < -0.39 is 53.3 Å². The maximum absolute atomic E-state index is 12.6. The van der Waals surface area contributed by atoms with E-state index in [9.17, 15) is 45.4 Å². The monoisotopic (exact) mass is 650 g/mol. The van der Waals surface area contributed by atoms with Gasteiger partial charge in [0, 0.05) is 0 Å². The van der Waals surface area contributed by atoms with Crippen molar-refractivity contribution in [1.29, 1.82) is 0 Å². The number of nitrogens with one attached hydrogen (secondary N) is 2. The normalized spacial score (nSPS) is 14.9. The molecule has 2 amide bonds. The zero-order valence-electron chi connectivity index (χ0n) is 21.3. The Labute approximate surface area is 318 Å². The number of aromatic hydroxyl groups is 1. The Bertz CT molecular complexity index is 1840. The number of rotatable bonds is 7. The predicted molar refractivity (Wildman–Crippen MR) is 132 cm³/mol.